The number of benzene rings is 2. The highest BCUT2D eigenvalue weighted by molar-refractivity contribution is 6.30. The second kappa shape index (κ2) is 9.23. The van der Waals surface area contributed by atoms with Gasteiger partial charge >= 0.3 is 0 Å². The molecular formula is C20H23ClN2O2. The first-order valence-corrected chi connectivity index (χ1v) is 8.70. The molecule has 0 radical (unpaired) electrons. The van der Waals surface area contributed by atoms with Gasteiger partial charge in [0.2, 0.25) is 11.8 Å². The molecule has 1 atom stereocenters. The van der Waals surface area contributed by atoms with Gasteiger partial charge in [0.1, 0.15) is 0 Å². The maximum atomic E-state index is 12.2. The van der Waals surface area contributed by atoms with Crippen LogP contribution in [0.1, 0.15) is 31.7 Å². The SMILES string of the molecule is CC(C)C(CC(=O)NCC(=O)Nc1ccccc1)c1ccc(Cl)cc1. The Hall–Kier alpha value is -2.33. The summed E-state index contributed by atoms with van der Waals surface area (Å²) in [5, 5.41) is 6.11. The zero-order chi connectivity index (χ0) is 18.2. The number of carbonyl (C=O) groups excluding carboxylic acids is 2. The third-order valence-corrected chi connectivity index (χ3v) is 4.26. The van der Waals surface area contributed by atoms with Crippen molar-refractivity contribution in [3.05, 3.63) is 65.2 Å². The van der Waals surface area contributed by atoms with E-state index in [1.54, 1.807) is 12.1 Å². The lowest BCUT2D eigenvalue weighted by Crippen LogP contribution is -2.34. The van der Waals surface area contributed by atoms with E-state index >= 15 is 0 Å². The maximum Gasteiger partial charge on any atom is 0.243 e. The van der Waals surface area contributed by atoms with Crippen molar-refractivity contribution in [3.8, 4) is 0 Å². The van der Waals surface area contributed by atoms with Gasteiger partial charge in [0.05, 0.1) is 6.54 Å². The van der Waals surface area contributed by atoms with E-state index in [-0.39, 0.29) is 24.3 Å². The van der Waals surface area contributed by atoms with Gasteiger partial charge in [-0.25, -0.2) is 0 Å². The Morgan fingerprint density at radius 1 is 0.960 bits per heavy atom. The van der Waals surface area contributed by atoms with Crippen molar-refractivity contribution in [1.29, 1.82) is 0 Å². The average Bonchev–Trinajstić information content (AvgIpc) is 2.59. The zero-order valence-electron chi connectivity index (χ0n) is 14.5. The van der Waals surface area contributed by atoms with Gasteiger partial charge < -0.3 is 10.6 Å². The smallest absolute Gasteiger partial charge is 0.243 e. The molecule has 4 nitrogen and oxygen atoms in total. The number of anilines is 1. The van der Waals surface area contributed by atoms with Crippen molar-refractivity contribution in [1.82, 2.24) is 5.32 Å². The highest BCUT2D eigenvalue weighted by atomic mass is 35.5. The summed E-state index contributed by atoms with van der Waals surface area (Å²) >= 11 is 5.93. The highest BCUT2D eigenvalue weighted by Crippen LogP contribution is 2.28. The van der Waals surface area contributed by atoms with Gasteiger partial charge in [0, 0.05) is 17.1 Å². The van der Waals surface area contributed by atoms with Crippen LogP contribution in [0, 0.1) is 5.92 Å². The lowest BCUT2D eigenvalue weighted by atomic mass is 9.85. The third kappa shape index (κ3) is 6.24. The Kier molecular flexibility index (Phi) is 7.02. The molecule has 2 aromatic carbocycles. The van der Waals surface area contributed by atoms with Gasteiger partial charge in [0.25, 0.3) is 0 Å². The minimum Gasteiger partial charge on any atom is -0.347 e. The molecule has 132 valence electrons. The van der Waals surface area contributed by atoms with Crippen molar-refractivity contribution in [3.63, 3.8) is 0 Å². The lowest BCUT2D eigenvalue weighted by molar-refractivity contribution is -0.124. The molecule has 2 amide bonds. The zero-order valence-corrected chi connectivity index (χ0v) is 15.2. The quantitative estimate of drug-likeness (QED) is 0.778. The number of nitrogens with one attached hydrogen (secondary N) is 2. The molecule has 0 aliphatic rings. The Morgan fingerprint density at radius 3 is 2.20 bits per heavy atom. The molecular weight excluding hydrogens is 336 g/mol. The Balaban J connectivity index is 1.86. The van der Waals surface area contributed by atoms with Crippen molar-refractivity contribution < 1.29 is 9.59 Å². The minimum absolute atomic E-state index is 0.0425. The Morgan fingerprint density at radius 2 is 1.60 bits per heavy atom. The summed E-state index contributed by atoms with van der Waals surface area (Å²) in [6.45, 7) is 4.11. The topological polar surface area (TPSA) is 58.2 Å². The van der Waals surface area contributed by atoms with Gasteiger partial charge in [-0.05, 0) is 41.7 Å². The van der Waals surface area contributed by atoms with Gasteiger partial charge in [-0.2, -0.15) is 0 Å². The fourth-order valence-electron chi connectivity index (χ4n) is 2.63. The third-order valence-electron chi connectivity index (χ3n) is 4.01. The van der Waals surface area contributed by atoms with Crippen LogP contribution in [0.15, 0.2) is 54.6 Å². The fraction of sp³-hybridized carbons (Fsp3) is 0.300. The van der Waals surface area contributed by atoms with Crippen LogP contribution in [-0.4, -0.2) is 18.4 Å². The van der Waals surface area contributed by atoms with Crippen LogP contribution in [0.3, 0.4) is 0 Å². The highest BCUT2D eigenvalue weighted by Gasteiger charge is 2.20. The van der Waals surface area contributed by atoms with E-state index in [9.17, 15) is 9.59 Å². The van der Waals surface area contributed by atoms with E-state index in [4.69, 9.17) is 11.6 Å². The van der Waals surface area contributed by atoms with E-state index in [1.807, 2.05) is 42.5 Å². The molecule has 25 heavy (non-hydrogen) atoms. The van der Waals surface area contributed by atoms with Crippen molar-refractivity contribution >= 4 is 29.1 Å². The summed E-state index contributed by atoms with van der Waals surface area (Å²) in [7, 11) is 0. The van der Waals surface area contributed by atoms with Crippen LogP contribution in [0.2, 0.25) is 5.02 Å². The summed E-state index contributed by atoms with van der Waals surface area (Å²) in [6.07, 6.45) is 0.331. The molecule has 0 aliphatic heterocycles. The molecule has 2 N–H and O–H groups in total. The number of para-hydroxylation sites is 1. The van der Waals surface area contributed by atoms with E-state index < -0.39 is 0 Å². The maximum absolute atomic E-state index is 12.2. The molecule has 0 spiro atoms. The largest absolute Gasteiger partial charge is 0.347 e. The fourth-order valence-corrected chi connectivity index (χ4v) is 2.75. The summed E-state index contributed by atoms with van der Waals surface area (Å²) in [6, 6.07) is 16.7. The number of halogens is 1. The molecule has 0 heterocycles. The second-order valence-corrected chi connectivity index (χ2v) is 6.73. The minimum atomic E-state index is -0.243. The number of amides is 2. The first-order valence-electron chi connectivity index (χ1n) is 8.32. The van der Waals surface area contributed by atoms with Crippen LogP contribution in [-0.2, 0) is 9.59 Å². The average molecular weight is 359 g/mol. The first-order chi connectivity index (χ1) is 12.0. The molecule has 0 saturated heterocycles. The number of hydrogen-bond donors (Lipinski definition) is 2. The van der Waals surface area contributed by atoms with Gasteiger partial charge in [-0.15, -0.1) is 0 Å². The van der Waals surface area contributed by atoms with E-state index in [0.717, 1.165) is 5.56 Å². The molecule has 0 saturated carbocycles. The molecule has 0 aromatic heterocycles. The van der Waals surface area contributed by atoms with Gasteiger partial charge in [-0.3, -0.25) is 9.59 Å². The van der Waals surface area contributed by atoms with Gasteiger partial charge in [-0.1, -0.05) is 55.8 Å². The predicted molar refractivity (Wildman–Crippen MR) is 102 cm³/mol. The van der Waals surface area contributed by atoms with Crippen molar-refractivity contribution in [2.24, 2.45) is 5.92 Å². The molecule has 2 rings (SSSR count). The van der Waals surface area contributed by atoms with E-state index in [1.165, 1.54) is 0 Å². The molecule has 2 aromatic rings. The standard InChI is InChI=1S/C20H23ClN2O2/c1-14(2)18(15-8-10-16(21)11-9-15)12-19(24)22-13-20(25)23-17-6-4-3-5-7-17/h3-11,14,18H,12-13H2,1-2H3,(H,22,24)(H,23,25). The molecule has 0 bridgehead atoms. The first kappa shape index (κ1) is 19.0. The number of carbonyl (C=O) groups is 2. The Labute approximate surface area is 153 Å². The Bertz CT molecular complexity index is 699. The molecule has 0 aliphatic carbocycles. The van der Waals surface area contributed by atoms with E-state index in [2.05, 4.69) is 24.5 Å². The monoisotopic (exact) mass is 358 g/mol. The molecule has 5 heteroatoms. The lowest BCUT2D eigenvalue weighted by Gasteiger charge is -2.21. The summed E-state index contributed by atoms with van der Waals surface area (Å²) in [4.78, 5) is 24.1. The summed E-state index contributed by atoms with van der Waals surface area (Å²) < 4.78 is 0. The van der Waals surface area contributed by atoms with Gasteiger partial charge in [0.15, 0.2) is 0 Å². The van der Waals surface area contributed by atoms with E-state index in [0.29, 0.717) is 23.0 Å². The molecule has 0 fully saturated rings. The second-order valence-electron chi connectivity index (χ2n) is 6.30. The van der Waals surface area contributed by atoms with Crippen LogP contribution < -0.4 is 10.6 Å². The van der Waals surface area contributed by atoms with Crippen LogP contribution in [0.4, 0.5) is 5.69 Å². The normalized spacial score (nSPS) is 11.8. The predicted octanol–water partition coefficient (Wildman–Crippen LogP) is 4.22. The summed E-state index contributed by atoms with van der Waals surface area (Å²) in [5.74, 6) is -0.0106. The number of rotatable bonds is 7. The van der Waals surface area contributed by atoms with Crippen LogP contribution in [0.5, 0.6) is 0 Å². The summed E-state index contributed by atoms with van der Waals surface area (Å²) in [5.41, 5.74) is 1.78. The van der Waals surface area contributed by atoms with Crippen LogP contribution >= 0.6 is 11.6 Å². The number of hydrogen-bond acceptors (Lipinski definition) is 2. The van der Waals surface area contributed by atoms with Crippen LogP contribution in [0.25, 0.3) is 0 Å². The molecule has 1 unspecified atom stereocenters. The van der Waals surface area contributed by atoms with Crippen molar-refractivity contribution in [2.45, 2.75) is 26.2 Å². The van der Waals surface area contributed by atoms with Crippen molar-refractivity contribution in [2.75, 3.05) is 11.9 Å².